The highest BCUT2D eigenvalue weighted by Gasteiger charge is 1.93. The van der Waals surface area contributed by atoms with Gasteiger partial charge in [0.05, 0.1) is 0 Å². The minimum absolute atomic E-state index is 0.941. The fourth-order valence-corrected chi connectivity index (χ4v) is 2.80. The molecule has 0 saturated carbocycles. The van der Waals surface area contributed by atoms with Gasteiger partial charge >= 0.3 is 0 Å². The highest BCUT2D eigenvalue weighted by molar-refractivity contribution is 4.81. The molecule has 0 unspecified atom stereocenters. The molecule has 0 aromatic rings. The van der Waals surface area contributed by atoms with E-state index in [2.05, 4.69) is 26.0 Å². The molecule has 0 fully saturated rings. The Morgan fingerprint density at radius 3 is 1.19 bits per heavy atom. The van der Waals surface area contributed by atoms with Gasteiger partial charge in [-0.15, -0.1) is 0 Å². The lowest BCUT2D eigenvalue weighted by Gasteiger charge is -2.03. The standard InChI is InChI=1S/C21H40/c1-3-5-7-9-11-13-15-17-19-21-20-18-16-14-12-10-8-6-4-2/h5,7H,1-4,6,8-21H2/b7-5+. The van der Waals surface area contributed by atoms with Crippen molar-refractivity contribution in [3.8, 4) is 0 Å². The van der Waals surface area contributed by atoms with E-state index < -0.39 is 0 Å². The third-order valence-electron chi connectivity index (χ3n) is 4.20. The Morgan fingerprint density at radius 2 is 0.810 bits per heavy atom. The molecule has 0 aliphatic rings. The second-order valence-corrected chi connectivity index (χ2v) is 6.35. The largest absolute Gasteiger partial charge is 0.0885 e. The van der Waals surface area contributed by atoms with Gasteiger partial charge in [-0.2, -0.15) is 0 Å². The summed E-state index contributed by atoms with van der Waals surface area (Å²) in [7, 11) is 0. The molecular formula is C21H40. The SMILES string of the molecule is [CH2]C/C=C/CCCCCCCCCCCCCCCC[CH2]. The zero-order valence-electron chi connectivity index (χ0n) is 14.6. The molecule has 0 aliphatic carbocycles. The van der Waals surface area contributed by atoms with Crippen molar-refractivity contribution in [2.24, 2.45) is 0 Å². The summed E-state index contributed by atoms with van der Waals surface area (Å²) in [5, 5.41) is 0. The summed E-state index contributed by atoms with van der Waals surface area (Å²) >= 11 is 0. The molecule has 0 spiro atoms. The molecule has 21 heavy (non-hydrogen) atoms. The first-order chi connectivity index (χ1) is 10.4. The van der Waals surface area contributed by atoms with Gasteiger partial charge in [-0.3, -0.25) is 0 Å². The third-order valence-corrected chi connectivity index (χ3v) is 4.20. The van der Waals surface area contributed by atoms with Crippen LogP contribution in [0.1, 0.15) is 109 Å². The van der Waals surface area contributed by atoms with Crippen LogP contribution < -0.4 is 0 Å². The first-order valence-electron chi connectivity index (χ1n) is 9.65. The zero-order chi connectivity index (χ0) is 15.4. The second kappa shape index (κ2) is 19.7. The Labute approximate surface area is 135 Å². The van der Waals surface area contributed by atoms with Crippen molar-refractivity contribution < 1.29 is 0 Å². The predicted octanol–water partition coefficient (Wildman–Crippen LogP) is 7.84. The van der Waals surface area contributed by atoms with Gasteiger partial charge in [0.1, 0.15) is 0 Å². The summed E-state index contributed by atoms with van der Waals surface area (Å²) in [5.41, 5.74) is 0. The lowest BCUT2D eigenvalue weighted by molar-refractivity contribution is 0.534. The van der Waals surface area contributed by atoms with Crippen LogP contribution in [0.3, 0.4) is 0 Å². The summed E-state index contributed by atoms with van der Waals surface area (Å²) in [5.74, 6) is 0. The topological polar surface area (TPSA) is 0 Å². The van der Waals surface area contributed by atoms with Gasteiger partial charge in [-0.25, -0.2) is 0 Å². The molecule has 0 amide bonds. The van der Waals surface area contributed by atoms with Crippen LogP contribution in [0.2, 0.25) is 0 Å². The smallest absolute Gasteiger partial charge is 0.0351 e. The summed E-state index contributed by atoms with van der Waals surface area (Å²) in [6.45, 7) is 7.70. The molecule has 2 radical (unpaired) electrons. The van der Waals surface area contributed by atoms with Crippen LogP contribution in [0.15, 0.2) is 12.2 Å². The molecule has 0 aromatic carbocycles. The minimum atomic E-state index is 0.941. The van der Waals surface area contributed by atoms with E-state index in [1.807, 2.05) is 0 Å². The molecule has 0 atom stereocenters. The van der Waals surface area contributed by atoms with Crippen LogP contribution in [0.25, 0.3) is 0 Å². The van der Waals surface area contributed by atoms with E-state index in [4.69, 9.17) is 0 Å². The molecule has 0 aliphatic heterocycles. The Bertz CT molecular complexity index is 192. The zero-order valence-corrected chi connectivity index (χ0v) is 14.6. The van der Waals surface area contributed by atoms with Crippen LogP contribution in [-0.4, -0.2) is 0 Å². The maximum absolute atomic E-state index is 3.89. The van der Waals surface area contributed by atoms with Crippen molar-refractivity contribution >= 4 is 0 Å². The molecule has 0 N–H and O–H groups in total. The van der Waals surface area contributed by atoms with Crippen LogP contribution in [-0.2, 0) is 0 Å². The average Bonchev–Trinajstić information content (AvgIpc) is 2.50. The van der Waals surface area contributed by atoms with Crippen molar-refractivity contribution in [1.82, 2.24) is 0 Å². The molecule has 0 saturated heterocycles. The molecule has 0 aromatic heterocycles. The van der Waals surface area contributed by atoms with Crippen LogP contribution in [0.5, 0.6) is 0 Å². The maximum atomic E-state index is 3.89. The molecular weight excluding hydrogens is 252 g/mol. The molecule has 0 nitrogen and oxygen atoms in total. The second-order valence-electron chi connectivity index (χ2n) is 6.35. The van der Waals surface area contributed by atoms with Crippen molar-refractivity contribution in [3.63, 3.8) is 0 Å². The fraction of sp³-hybridized carbons (Fsp3) is 0.810. The van der Waals surface area contributed by atoms with E-state index in [1.165, 1.54) is 96.3 Å². The average molecular weight is 293 g/mol. The molecule has 0 bridgehead atoms. The summed E-state index contributed by atoms with van der Waals surface area (Å²) < 4.78 is 0. The highest BCUT2D eigenvalue weighted by Crippen LogP contribution is 2.13. The van der Waals surface area contributed by atoms with E-state index in [0.717, 1.165) is 12.8 Å². The van der Waals surface area contributed by atoms with Gasteiger partial charge in [-0.1, -0.05) is 109 Å². The number of rotatable bonds is 17. The molecule has 0 rings (SSSR count). The summed E-state index contributed by atoms with van der Waals surface area (Å²) in [4.78, 5) is 0. The van der Waals surface area contributed by atoms with E-state index in [-0.39, 0.29) is 0 Å². The molecule has 0 heterocycles. The molecule has 124 valence electrons. The van der Waals surface area contributed by atoms with Crippen molar-refractivity contribution in [1.29, 1.82) is 0 Å². The van der Waals surface area contributed by atoms with E-state index in [1.54, 1.807) is 0 Å². The Morgan fingerprint density at radius 1 is 0.429 bits per heavy atom. The molecule has 0 heteroatoms. The van der Waals surface area contributed by atoms with Gasteiger partial charge < -0.3 is 0 Å². The van der Waals surface area contributed by atoms with Crippen molar-refractivity contribution in [2.45, 2.75) is 109 Å². The van der Waals surface area contributed by atoms with Crippen LogP contribution in [0, 0.1) is 13.8 Å². The quantitative estimate of drug-likeness (QED) is 0.189. The Kier molecular flexibility index (Phi) is 19.5. The maximum Gasteiger partial charge on any atom is -0.0351 e. The monoisotopic (exact) mass is 292 g/mol. The third kappa shape index (κ3) is 19.7. The predicted molar refractivity (Wildman–Crippen MR) is 98.3 cm³/mol. The fourth-order valence-electron chi connectivity index (χ4n) is 2.80. The summed E-state index contributed by atoms with van der Waals surface area (Å²) in [6.07, 6.45) is 27.8. The highest BCUT2D eigenvalue weighted by atomic mass is 14.0. The van der Waals surface area contributed by atoms with E-state index in [0.29, 0.717) is 0 Å². The van der Waals surface area contributed by atoms with Crippen LogP contribution >= 0.6 is 0 Å². The van der Waals surface area contributed by atoms with Crippen molar-refractivity contribution in [3.05, 3.63) is 26.0 Å². The van der Waals surface area contributed by atoms with Gasteiger partial charge in [0, 0.05) is 0 Å². The first kappa shape index (κ1) is 20.7. The Balaban J connectivity index is 2.95. The normalized spacial score (nSPS) is 11.5. The van der Waals surface area contributed by atoms with Gasteiger partial charge in [0.25, 0.3) is 0 Å². The minimum Gasteiger partial charge on any atom is -0.0885 e. The summed E-state index contributed by atoms with van der Waals surface area (Å²) in [6, 6.07) is 0. The number of hydrogen-bond acceptors (Lipinski definition) is 0. The van der Waals surface area contributed by atoms with Gasteiger partial charge in [0.15, 0.2) is 0 Å². The number of allylic oxidation sites excluding steroid dienone is 2. The van der Waals surface area contributed by atoms with Crippen molar-refractivity contribution in [2.75, 3.05) is 0 Å². The van der Waals surface area contributed by atoms with E-state index >= 15 is 0 Å². The van der Waals surface area contributed by atoms with Gasteiger partial charge in [0.2, 0.25) is 0 Å². The first-order valence-corrected chi connectivity index (χ1v) is 9.65. The van der Waals surface area contributed by atoms with Gasteiger partial charge in [-0.05, 0) is 26.2 Å². The van der Waals surface area contributed by atoms with E-state index in [9.17, 15) is 0 Å². The lowest BCUT2D eigenvalue weighted by Crippen LogP contribution is -1.83. The Hall–Kier alpha value is -0.260. The van der Waals surface area contributed by atoms with Crippen LogP contribution in [0.4, 0.5) is 0 Å². The lowest BCUT2D eigenvalue weighted by atomic mass is 10.0. The number of unbranched alkanes of at least 4 members (excludes halogenated alkanes) is 15. The number of hydrogen-bond donors (Lipinski definition) is 0.